The van der Waals surface area contributed by atoms with Crippen LogP contribution in [0.5, 0.6) is 0 Å². The van der Waals surface area contributed by atoms with Gasteiger partial charge in [-0.15, -0.1) is 0 Å². The first-order chi connectivity index (χ1) is 6.77. The Morgan fingerprint density at radius 1 is 1.13 bits per heavy atom. The average molecular weight is 223 g/mol. The van der Waals surface area contributed by atoms with Crippen LogP contribution in [0.25, 0.3) is 0 Å². The molecule has 0 saturated heterocycles. The molecule has 0 saturated carbocycles. The van der Waals surface area contributed by atoms with Crippen LogP contribution in [-0.2, 0) is 12.6 Å². The van der Waals surface area contributed by atoms with Crippen LogP contribution in [0.1, 0.15) is 0 Å². The summed E-state index contributed by atoms with van der Waals surface area (Å²) in [5, 5.41) is 20.0. The molecule has 0 amide bonds. The molecule has 0 aliphatic heterocycles. The Kier molecular flexibility index (Phi) is 6.77. The quantitative estimate of drug-likeness (QED) is 0.393. The van der Waals surface area contributed by atoms with Crippen molar-refractivity contribution in [2.75, 3.05) is 5.32 Å². The van der Waals surface area contributed by atoms with E-state index in [0.717, 1.165) is 5.69 Å². The van der Waals surface area contributed by atoms with Gasteiger partial charge in [-0.25, -0.2) is 0 Å². The smallest absolute Gasteiger partial charge is 0.760 e. The second-order valence-electron chi connectivity index (χ2n) is 2.42. The molecule has 0 aromatic heterocycles. The van der Waals surface area contributed by atoms with E-state index in [9.17, 15) is 0 Å². The molecule has 0 aliphatic carbocycles. The van der Waals surface area contributed by atoms with Gasteiger partial charge in [0.1, 0.15) is 17.7 Å². The maximum absolute atomic E-state index is 8.54. The van der Waals surface area contributed by atoms with Crippen LogP contribution < -0.4 is 34.9 Å². The van der Waals surface area contributed by atoms with Gasteiger partial charge in [-0.3, -0.25) is 0 Å². The Balaban J connectivity index is 0.00000196. The van der Waals surface area contributed by atoms with Gasteiger partial charge in [0.15, 0.2) is 0 Å². The number of nitriles is 2. The van der Waals surface area contributed by atoms with E-state index in [1.165, 1.54) is 0 Å². The first-order valence-electron chi connectivity index (χ1n) is 3.81. The largest absolute Gasteiger partial charge is 1.00 e. The Morgan fingerprint density at radius 3 is 2.13 bits per heavy atom. The number of nitrogens with one attached hydrogen (secondary N) is 1. The zero-order valence-corrected chi connectivity index (χ0v) is 11.0. The van der Waals surface area contributed by atoms with Crippen molar-refractivity contribution in [3.63, 3.8) is 0 Å². The van der Waals surface area contributed by atoms with Crippen LogP contribution in [0.4, 0.5) is 5.69 Å². The molecule has 0 atom stereocenters. The van der Waals surface area contributed by atoms with E-state index in [4.69, 9.17) is 23.2 Å². The molecule has 0 unspecified atom stereocenters. The van der Waals surface area contributed by atoms with Crippen LogP contribution in [0.3, 0.4) is 0 Å². The maximum atomic E-state index is 8.54. The van der Waals surface area contributed by atoms with Crippen LogP contribution in [0.15, 0.2) is 40.9 Å². The van der Waals surface area contributed by atoms with Gasteiger partial charge >= 0.3 is 29.6 Å². The third-order valence-corrected chi connectivity index (χ3v) is 1.79. The molecule has 1 aromatic carbocycles. The summed E-state index contributed by atoms with van der Waals surface area (Å²) in [6.07, 6.45) is 0. The first kappa shape index (κ1) is 14.0. The molecular formula is C10H6N3NaS. The first-order valence-corrected chi connectivity index (χ1v) is 4.22. The molecule has 1 aromatic rings. The third kappa shape index (κ3) is 4.33. The van der Waals surface area contributed by atoms with Crippen molar-refractivity contribution in [1.29, 1.82) is 10.5 Å². The van der Waals surface area contributed by atoms with Gasteiger partial charge in [-0.1, -0.05) is 23.2 Å². The summed E-state index contributed by atoms with van der Waals surface area (Å²) in [6, 6.07) is 12.6. The molecule has 5 heteroatoms. The van der Waals surface area contributed by atoms with Crippen molar-refractivity contribution in [2.45, 2.75) is 0 Å². The fourth-order valence-electron chi connectivity index (χ4n) is 0.842. The minimum Gasteiger partial charge on any atom is -0.760 e. The number of hydrogen-bond acceptors (Lipinski definition) is 4. The topological polar surface area (TPSA) is 59.6 Å². The zero-order valence-electron chi connectivity index (χ0n) is 8.19. The molecule has 0 radical (unpaired) electrons. The van der Waals surface area contributed by atoms with Gasteiger partial charge in [0.2, 0.25) is 0 Å². The fourth-order valence-corrected chi connectivity index (χ4v) is 1.05. The average Bonchev–Trinajstić information content (AvgIpc) is 2.21. The van der Waals surface area contributed by atoms with Crippen molar-refractivity contribution >= 4 is 18.3 Å². The molecule has 68 valence electrons. The van der Waals surface area contributed by atoms with Crippen molar-refractivity contribution in [1.82, 2.24) is 0 Å². The van der Waals surface area contributed by atoms with Crippen LogP contribution >= 0.6 is 0 Å². The second-order valence-corrected chi connectivity index (χ2v) is 2.83. The monoisotopic (exact) mass is 223 g/mol. The number of hydrogen-bond donors (Lipinski definition) is 1. The van der Waals surface area contributed by atoms with Gasteiger partial charge in [0, 0.05) is 5.69 Å². The van der Waals surface area contributed by atoms with E-state index < -0.39 is 0 Å². The standard InChI is InChI=1S/C10H7N3S.Na/c11-6-8(7-12)10(14)13-9-4-2-1-3-5-9;/h1-5,13-14H;/q;+1/p-1. The van der Waals surface area contributed by atoms with E-state index in [2.05, 4.69) is 5.32 Å². The van der Waals surface area contributed by atoms with Gasteiger partial charge in [0.05, 0.1) is 0 Å². The second kappa shape index (κ2) is 7.28. The molecule has 0 heterocycles. The summed E-state index contributed by atoms with van der Waals surface area (Å²) in [5.74, 6) is 0. The van der Waals surface area contributed by atoms with Crippen molar-refractivity contribution < 1.29 is 29.6 Å². The summed E-state index contributed by atoms with van der Waals surface area (Å²) in [5.41, 5.74) is 0.685. The minimum atomic E-state index is -0.0798. The molecule has 1 N–H and O–H groups in total. The summed E-state index contributed by atoms with van der Waals surface area (Å²) in [4.78, 5) is 0. The predicted molar refractivity (Wildman–Crippen MR) is 55.7 cm³/mol. The number of anilines is 1. The van der Waals surface area contributed by atoms with Gasteiger partial charge < -0.3 is 17.9 Å². The molecule has 1 rings (SSSR count). The van der Waals surface area contributed by atoms with Gasteiger partial charge in [-0.2, -0.15) is 10.5 Å². The Labute approximate surface area is 116 Å². The van der Waals surface area contributed by atoms with Gasteiger partial charge in [0.25, 0.3) is 0 Å². The number of rotatable bonds is 2. The van der Waals surface area contributed by atoms with Crippen LogP contribution in [-0.4, -0.2) is 0 Å². The van der Waals surface area contributed by atoms with E-state index in [1.807, 2.05) is 18.2 Å². The zero-order chi connectivity index (χ0) is 10.4. The summed E-state index contributed by atoms with van der Waals surface area (Å²) in [7, 11) is 0. The normalized spacial score (nSPS) is 7.60. The molecule has 0 spiro atoms. The molecule has 0 bridgehead atoms. The SMILES string of the molecule is N#CC(C#N)=C([S-])Nc1ccccc1.[Na+]. The van der Waals surface area contributed by atoms with Crippen molar-refractivity contribution in [3.8, 4) is 12.1 Å². The molecule has 0 aliphatic rings. The Bertz CT molecular complexity index is 412. The number of nitrogens with zero attached hydrogens (tertiary/aromatic N) is 2. The summed E-state index contributed by atoms with van der Waals surface area (Å²) < 4.78 is 0. The minimum absolute atomic E-state index is 0. The van der Waals surface area contributed by atoms with E-state index in [-0.39, 0.29) is 40.2 Å². The van der Waals surface area contributed by atoms with Gasteiger partial charge in [-0.05, 0) is 12.1 Å². The maximum Gasteiger partial charge on any atom is 1.00 e. The fraction of sp³-hybridized carbons (Fsp3) is 0. The summed E-state index contributed by atoms with van der Waals surface area (Å²) >= 11 is 4.86. The number of para-hydroxylation sites is 1. The Hall–Kier alpha value is -1.04. The summed E-state index contributed by atoms with van der Waals surface area (Å²) in [6.45, 7) is 0. The Morgan fingerprint density at radius 2 is 1.67 bits per heavy atom. The predicted octanol–water partition coefficient (Wildman–Crippen LogP) is -1.09. The molecule has 15 heavy (non-hydrogen) atoms. The van der Waals surface area contributed by atoms with E-state index in [1.54, 1.807) is 24.3 Å². The van der Waals surface area contributed by atoms with Crippen molar-refractivity contribution in [2.24, 2.45) is 0 Å². The molecule has 3 nitrogen and oxygen atoms in total. The van der Waals surface area contributed by atoms with Crippen molar-refractivity contribution in [3.05, 3.63) is 40.9 Å². The molecular weight excluding hydrogens is 217 g/mol. The third-order valence-electron chi connectivity index (χ3n) is 1.48. The van der Waals surface area contributed by atoms with Crippen LogP contribution in [0, 0.1) is 22.7 Å². The van der Waals surface area contributed by atoms with E-state index in [0.29, 0.717) is 0 Å². The molecule has 0 fully saturated rings. The van der Waals surface area contributed by atoms with E-state index >= 15 is 0 Å². The van der Waals surface area contributed by atoms with Crippen LogP contribution in [0.2, 0.25) is 0 Å². The number of benzene rings is 1. The number of allylic oxidation sites excluding steroid dienone is 1.